The minimum absolute atomic E-state index is 0.0129. The molecule has 0 aromatic rings. The van der Waals surface area contributed by atoms with Crippen molar-refractivity contribution in [2.45, 2.75) is 219 Å². The Morgan fingerprint density at radius 1 is 0.329 bits per heavy atom. The lowest BCUT2D eigenvalue weighted by molar-refractivity contribution is -0.162. The van der Waals surface area contributed by atoms with Gasteiger partial charge in [0.2, 0.25) is 0 Å². The van der Waals surface area contributed by atoms with Gasteiger partial charge in [-0.2, -0.15) is 0 Å². The SMILES string of the molecule is CC/C=C\C/C=C\C/C=C\C/C=C\C/C=C\C/C=C\CCC(=O)OCC(COCCCCCCCCC/C=C\C/C=C\C/C=C\CCCCC)OC(=O)CCCC/C=C\C/C=C\C/C=C\C/C=C\CC. The highest BCUT2D eigenvalue weighted by atomic mass is 16.6. The molecule has 0 saturated carbocycles. The second kappa shape index (κ2) is 58.8. The fraction of sp³-hybridized carbons (Fsp3) is 0.569. The highest BCUT2D eigenvalue weighted by Gasteiger charge is 2.17. The Kier molecular flexibility index (Phi) is 55.1. The van der Waals surface area contributed by atoms with E-state index in [1.807, 2.05) is 6.08 Å². The quantitative estimate of drug-likeness (QED) is 0.0345. The number of carbonyl (C=O) groups excluding carboxylic acids is 2. The van der Waals surface area contributed by atoms with Crippen LogP contribution in [-0.2, 0) is 23.8 Å². The first kappa shape index (κ1) is 65.5. The van der Waals surface area contributed by atoms with Gasteiger partial charge in [-0.3, -0.25) is 9.59 Å². The molecule has 392 valence electrons. The van der Waals surface area contributed by atoms with Gasteiger partial charge in [0.05, 0.1) is 6.61 Å². The summed E-state index contributed by atoms with van der Waals surface area (Å²) in [5, 5.41) is 0. The number of carbonyl (C=O) groups is 2. The van der Waals surface area contributed by atoms with Crippen molar-refractivity contribution in [3.8, 4) is 0 Å². The van der Waals surface area contributed by atoms with Gasteiger partial charge in [0.15, 0.2) is 6.10 Å². The summed E-state index contributed by atoms with van der Waals surface area (Å²) in [6.07, 6.45) is 87.0. The van der Waals surface area contributed by atoms with Crippen LogP contribution < -0.4 is 0 Å². The van der Waals surface area contributed by atoms with Crippen molar-refractivity contribution in [3.05, 3.63) is 158 Å². The molecular weight excluding hydrogens is 861 g/mol. The van der Waals surface area contributed by atoms with Crippen molar-refractivity contribution < 1.29 is 23.8 Å². The molecule has 0 aliphatic carbocycles. The van der Waals surface area contributed by atoms with Gasteiger partial charge in [-0.1, -0.05) is 224 Å². The molecule has 0 fully saturated rings. The molecule has 0 rings (SSSR count). The third-order valence-corrected chi connectivity index (χ3v) is 11.0. The zero-order valence-electron chi connectivity index (χ0n) is 45.0. The van der Waals surface area contributed by atoms with E-state index in [1.54, 1.807) is 0 Å². The van der Waals surface area contributed by atoms with Crippen LogP contribution >= 0.6 is 0 Å². The minimum Gasteiger partial charge on any atom is -0.462 e. The standard InChI is InChI=1S/C65H102O5/c1-4-7-10-13-16-19-22-25-28-30-32-34-36-39-42-45-48-51-54-57-60-68-61-63(70-65(67)59-56-53-50-47-44-41-37-27-24-21-18-15-12-9-6-3)62-69-64(66)58-55-52-49-46-43-40-38-35-33-31-29-26-23-20-17-14-11-8-5-2/h8-9,11-12,16-21,25-29,32-35,37,40,43-44,47,49,52,63H,4-7,10,13-15,22-24,30-31,36,38-39,41-42,45-46,48,50-51,53-62H2,1-3H3/b11-8-,12-9-,19-16-,20-17-,21-18-,28-25-,29-26-,34-32-,35-33-,37-27-,43-40-,47-44-,52-49-. The van der Waals surface area contributed by atoms with E-state index in [-0.39, 0.29) is 31.6 Å². The van der Waals surface area contributed by atoms with Gasteiger partial charge in [-0.05, 0) is 135 Å². The van der Waals surface area contributed by atoms with Gasteiger partial charge >= 0.3 is 11.9 Å². The molecule has 0 spiro atoms. The first-order chi connectivity index (χ1) is 34.6. The number of ether oxygens (including phenoxy) is 3. The summed E-state index contributed by atoms with van der Waals surface area (Å²) in [7, 11) is 0. The molecule has 0 bridgehead atoms. The molecule has 0 saturated heterocycles. The average molecular weight is 964 g/mol. The number of hydrogen-bond donors (Lipinski definition) is 0. The molecule has 5 nitrogen and oxygen atoms in total. The highest BCUT2D eigenvalue weighted by Crippen LogP contribution is 2.11. The predicted molar refractivity (Wildman–Crippen MR) is 306 cm³/mol. The zero-order chi connectivity index (χ0) is 50.6. The van der Waals surface area contributed by atoms with Crippen molar-refractivity contribution >= 4 is 11.9 Å². The first-order valence-corrected chi connectivity index (χ1v) is 28.0. The predicted octanol–water partition coefficient (Wildman–Crippen LogP) is 19.5. The second-order valence-electron chi connectivity index (χ2n) is 17.7. The summed E-state index contributed by atoms with van der Waals surface area (Å²) in [5.41, 5.74) is 0. The van der Waals surface area contributed by atoms with Crippen LogP contribution in [0.5, 0.6) is 0 Å². The Labute approximate surface area is 431 Å². The first-order valence-electron chi connectivity index (χ1n) is 28.0. The summed E-state index contributed by atoms with van der Waals surface area (Å²) in [6.45, 7) is 7.40. The van der Waals surface area contributed by atoms with Gasteiger partial charge in [-0.15, -0.1) is 0 Å². The van der Waals surface area contributed by atoms with E-state index >= 15 is 0 Å². The Morgan fingerprint density at radius 3 is 1.09 bits per heavy atom. The van der Waals surface area contributed by atoms with Crippen LogP contribution in [0.25, 0.3) is 0 Å². The lowest BCUT2D eigenvalue weighted by atomic mass is 10.1. The highest BCUT2D eigenvalue weighted by molar-refractivity contribution is 5.70. The molecule has 1 unspecified atom stereocenters. The van der Waals surface area contributed by atoms with Crippen LogP contribution in [0.15, 0.2) is 158 Å². The van der Waals surface area contributed by atoms with Gasteiger partial charge in [0, 0.05) is 19.4 Å². The van der Waals surface area contributed by atoms with Crippen LogP contribution in [0.3, 0.4) is 0 Å². The van der Waals surface area contributed by atoms with Gasteiger partial charge in [0.1, 0.15) is 6.61 Å². The van der Waals surface area contributed by atoms with Gasteiger partial charge in [-0.25, -0.2) is 0 Å². The number of hydrogen-bond acceptors (Lipinski definition) is 5. The van der Waals surface area contributed by atoms with Crippen molar-refractivity contribution in [3.63, 3.8) is 0 Å². The van der Waals surface area contributed by atoms with Crippen molar-refractivity contribution in [1.82, 2.24) is 0 Å². The van der Waals surface area contributed by atoms with Gasteiger partial charge in [0.25, 0.3) is 0 Å². The molecular formula is C65H102O5. The Hall–Kier alpha value is -4.48. The molecule has 0 aliphatic heterocycles. The Morgan fingerprint density at radius 2 is 0.671 bits per heavy atom. The average Bonchev–Trinajstić information content (AvgIpc) is 3.36. The second-order valence-corrected chi connectivity index (χ2v) is 17.7. The van der Waals surface area contributed by atoms with Crippen LogP contribution in [0.1, 0.15) is 213 Å². The fourth-order valence-electron chi connectivity index (χ4n) is 6.94. The van der Waals surface area contributed by atoms with E-state index in [0.29, 0.717) is 19.4 Å². The molecule has 0 radical (unpaired) electrons. The number of rotatable bonds is 49. The van der Waals surface area contributed by atoms with Crippen LogP contribution in [-0.4, -0.2) is 37.9 Å². The third-order valence-electron chi connectivity index (χ3n) is 11.0. The molecule has 1 atom stereocenters. The fourth-order valence-corrected chi connectivity index (χ4v) is 6.94. The molecule has 0 aromatic carbocycles. The largest absolute Gasteiger partial charge is 0.462 e. The molecule has 0 heterocycles. The number of allylic oxidation sites excluding steroid dienone is 26. The summed E-state index contributed by atoms with van der Waals surface area (Å²) in [5.74, 6) is -0.560. The zero-order valence-corrected chi connectivity index (χ0v) is 45.0. The molecule has 70 heavy (non-hydrogen) atoms. The molecule has 0 aliphatic rings. The van der Waals surface area contributed by atoms with Crippen molar-refractivity contribution in [1.29, 1.82) is 0 Å². The van der Waals surface area contributed by atoms with E-state index in [4.69, 9.17) is 14.2 Å². The van der Waals surface area contributed by atoms with Crippen LogP contribution in [0.4, 0.5) is 0 Å². The topological polar surface area (TPSA) is 61.8 Å². The Bertz CT molecular complexity index is 1560. The summed E-state index contributed by atoms with van der Waals surface area (Å²) >= 11 is 0. The lowest BCUT2D eigenvalue weighted by Crippen LogP contribution is -2.30. The monoisotopic (exact) mass is 963 g/mol. The van der Waals surface area contributed by atoms with Crippen molar-refractivity contribution in [2.24, 2.45) is 0 Å². The summed E-state index contributed by atoms with van der Waals surface area (Å²) < 4.78 is 17.3. The van der Waals surface area contributed by atoms with Gasteiger partial charge < -0.3 is 14.2 Å². The minimum atomic E-state index is -0.607. The van der Waals surface area contributed by atoms with Crippen molar-refractivity contribution in [2.75, 3.05) is 19.8 Å². The lowest BCUT2D eigenvalue weighted by Gasteiger charge is -2.18. The summed E-state index contributed by atoms with van der Waals surface area (Å²) in [6, 6.07) is 0. The van der Waals surface area contributed by atoms with E-state index in [9.17, 15) is 9.59 Å². The smallest absolute Gasteiger partial charge is 0.306 e. The number of esters is 2. The molecule has 5 heteroatoms. The maximum absolute atomic E-state index is 12.8. The third kappa shape index (κ3) is 56.1. The maximum atomic E-state index is 12.8. The Balaban J connectivity index is 4.50. The van der Waals surface area contributed by atoms with E-state index in [2.05, 4.69) is 173 Å². The normalized spacial score (nSPS) is 13.5. The van der Waals surface area contributed by atoms with E-state index < -0.39 is 6.10 Å². The maximum Gasteiger partial charge on any atom is 0.306 e. The van der Waals surface area contributed by atoms with Crippen LogP contribution in [0, 0.1) is 0 Å². The molecule has 0 aromatic heterocycles. The molecule has 0 amide bonds. The molecule has 0 N–H and O–H groups in total. The van der Waals surface area contributed by atoms with E-state index in [1.165, 1.54) is 57.8 Å². The summed E-state index contributed by atoms with van der Waals surface area (Å²) in [4.78, 5) is 25.5. The number of unbranched alkanes of at least 4 members (excludes halogenated alkanes) is 12. The van der Waals surface area contributed by atoms with E-state index in [0.717, 1.165) is 116 Å². The van der Waals surface area contributed by atoms with Crippen LogP contribution in [0.2, 0.25) is 0 Å².